The van der Waals surface area contributed by atoms with Gasteiger partial charge in [-0.2, -0.15) is 0 Å². The van der Waals surface area contributed by atoms with Gasteiger partial charge in [0.1, 0.15) is 19.2 Å². The predicted molar refractivity (Wildman–Crippen MR) is 130 cm³/mol. The lowest BCUT2D eigenvalue weighted by Crippen LogP contribution is -2.44. The van der Waals surface area contributed by atoms with E-state index in [0.717, 1.165) is 16.3 Å². The summed E-state index contributed by atoms with van der Waals surface area (Å²) in [6, 6.07) is 19.8. The van der Waals surface area contributed by atoms with E-state index >= 15 is 0 Å². The van der Waals surface area contributed by atoms with Crippen LogP contribution in [0.25, 0.3) is 10.8 Å². The second-order valence-corrected chi connectivity index (χ2v) is 7.83. The van der Waals surface area contributed by atoms with E-state index in [2.05, 4.69) is 4.99 Å². The Labute approximate surface area is 197 Å². The molecule has 0 bridgehead atoms. The zero-order chi connectivity index (χ0) is 24.1. The number of carbonyl (C=O) groups is 3. The summed E-state index contributed by atoms with van der Waals surface area (Å²) < 4.78 is 9.86. The Morgan fingerprint density at radius 1 is 1.00 bits per heavy atom. The number of hydrogen-bond donors (Lipinski definition) is 0. The molecule has 0 aliphatic carbocycles. The molecule has 0 aromatic heterocycles. The summed E-state index contributed by atoms with van der Waals surface area (Å²) in [4.78, 5) is 45.9. The van der Waals surface area contributed by atoms with Gasteiger partial charge in [-0.25, -0.2) is 0 Å². The number of carbonyl (C=O) groups excluding carboxylic acids is 3. The van der Waals surface area contributed by atoms with Crippen molar-refractivity contribution < 1.29 is 23.9 Å². The Morgan fingerprint density at radius 2 is 1.71 bits per heavy atom. The molecule has 1 aliphatic rings. The number of benzene rings is 3. The summed E-state index contributed by atoms with van der Waals surface area (Å²) in [5.41, 5.74) is 1.76. The van der Waals surface area contributed by atoms with E-state index in [-0.39, 0.29) is 25.6 Å². The van der Waals surface area contributed by atoms with Crippen LogP contribution in [0.5, 0.6) is 0 Å². The van der Waals surface area contributed by atoms with Gasteiger partial charge in [0, 0.05) is 13.3 Å². The highest BCUT2D eigenvalue weighted by Crippen LogP contribution is 2.33. The van der Waals surface area contributed by atoms with E-state index in [1.807, 2.05) is 42.5 Å². The van der Waals surface area contributed by atoms with Crippen LogP contribution in [0.2, 0.25) is 0 Å². The Hall–Kier alpha value is -4.04. The first-order valence-electron chi connectivity index (χ1n) is 10.8. The van der Waals surface area contributed by atoms with Crippen molar-refractivity contribution in [2.24, 2.45) is 4.99 Å². The Bertz CT molecular complexity index is 1260. The number of ether oxygens (including phenoxy) is 2. The smallest absolute Gasteiger partial charge is 0.325 e. The molecule has 3 aromatic rings. The van der Waals surface area contributed by atoms with Crippen LogP contribution < -0.4 is 9.80 Å². The number of para-hydroxylation sites is 2. The largest absolute Gasteiger partial charge is 0.468 e. The highest BCUT2D eigenvalue weighted by Gasteiger charge is 2.36. The topological polar surface area (TPSA) is 88.5 Å². The fourth-order valence-electron chi connectivity index (χ4n) is 3.94. The lowest BCUT2D eigenvalue weighted by atomic mass is 10.1. The van der Waals surface area contributed by atoms with Crippen molar-refractivity contribution >= 4 is 46.1 Å². The number of amides is 2. The lowest BCUT2D eigenvalue weighted by Gasteiger charge is -2.24. The van der Waals surface area contributed by atoms with Crippen molar-refractivity contribution in [3.8, 4) is 0 Å². The van der Waals surface area contributed by atoms with Gasteiger partial charge >= 0.3 is 5.97 Å². The molecule has 1 atom stereocenters. The molecule has 1 heterocycles. The number of anilines is 2. The summed E-state index contributed by atoms with van der Waals surface area (Å²) in [6.45, 7) is -0.429. The zero-order valence-corrected chi connectivity index (χ0v) is 19.0. The fourth-order valence-corrected chi connectivity index (χ4v) is 3.94. The molecule has 0 saturated heterocycles. The van der Waals surface area contributed by atoms with Gasteiger partial charge in [-0.15, -0.1) is 0 Å². The van der Waals surface area contributed by atoms with Gasteiger partial charge in [0.15, 0.2) is 0 Å². The molecule has 0 N–H and O–H groups in total. The summed E-state index contributed by atoms with van der Waals surface area (Å²) >= 11 is 0. The maximum absolute atomic E-state index is 13.6. The maximum atomic E-state index is 13.6. The molecule has 1 aliphatic heterocycles. The summed E-state index contributed by atoms with van der Waals surface area (Å²) in [6.07, 6.45) is 1.63. The van der Waals surface area contributed by atoms with Gasteiger partial charge in [-0.3, -0.25) is 24.3 Å². The van der Waals surface area contributed by atoms with Crippen LogP contribution in [0.4, 0.5) is 11.4 Å². The zero-order valence-electron chi connectivity index (χ0n) is 19.0. The molecule has 0 unspecified atom stereocenters. The SMILES string of the molecule is COCC(=O)N1C[C@H](/N=C/c2ccc3ccccc3c2)C(=O)N(CC(=O)OC)c2ccccc21. The average Bonchev–Trinajstić information content (AvgIpc) is 2.97. The standard InChI is InChI=1S/C26H25N3O5/c1-33-17-24(30)28-15-21(27-14-18-11-12-19-7-3-4-8-20(19)13-18)26(32)29(16-25(31)34-2)23-10-6-5-9-22(23)28/h3-14,21H,15-17H2,1-2H3/b27-14+/t21-/m0/s1. The summed E-state index contributed by atoms with van der Waals surface area (Å²) in [7, 11) is 2.70. The second kappa shape index (κ2) is 10.3. The van der Waals surface area contributed by atoms with Crippen LogP contribution in [-0.2, 0) is 23.9 Å². The van der Waals surface area contributed by atoms with Gasteiger partial charge in [0.2, 0.25) is 0 Å². The van der Waals surface area contributed by atoms with Crippen LogP contribution in [-0.4, -0.2) is 64.0 Å². The van der Waals surface area contributed by atoms with Gasteiger partial charge in [0.05, 0.1) is 25.0 Å². The predicted octanol–water partition coefficient (Wildman–Crippen LogP) is 2.83. The summed E-state index contributed by atoms with van der Waals surface area (Å²) in [5.74, 6) is -1.28. The van der Waals surface area contributed by atoms with E-state index in [4.69, 9.17) is 9.47 Å². The quantitative estimate of drug-likeness (QED) is 0.418. The van der Waals surface area contributed by atoms with Gasteiger partial charge in [-0.1, -0.05) is 48.5 Å². The molecule has 2 amide bonds. The van der Waals surface area contributed by atoms with Crippen LogP contribution in [0, 0.1) is 0 Å². The number of fused-ring (bicyclic) bond motifs is 2. The van der Waals surface area contributed by atoms with E-state index in [0.29, 0.717) is 11.4 Å². The number of hydrogen-bond acceptors (Lipinski definition) is 6. The van der Waals surface area contributed by atoms with E-state index in [1.165, 1.54) is 24.0 Å². The van der Waals surface area contributed by atoms with Crippen LogP contribution in [0.1, 0.15) is 5.56 Å². The minimum absolute atomic E-state index is 0.0137. The highest BCUT2D eigenvalue weighted by atomic mass is 16.5. The number of nitrogens with zero attached hydrogens (tertiary/aromatic N) is 3. The monoisotopic (exact) mass is 459 g/mol. The van der Waals surface area contributed by atoms with Crippen molar-refractivity contribution in [2.45, 2.75) is 6.04 Å². The number of esters is 1. The molecule has 34 heavy (non-hydrogen) atoms. The molecule has 8 nitrogen and oxygen atoms in total. The molecule has 174 valence electrons. The molecule has 0 saturated carbocycles. The molecular formula is C26H25N3O5. The van der Waals surface area contributed by atoms with Crippen molar-refractivity contribution in [2.75, 3.05) is 43.7 Å². The molecule has 3 aromatic carbocycles. The Kier molecular flexibility index (Phi) is 6.98. The number of methoxy groups -OCH3 is 2. The highest BCUT2D eigenvalue weighted by molar-refractivity contribution is 6.09. The fraction of sp³-hybridized carbons (Fsp3) is 0.231. The third-order valence-electron chi connectivity index (χ3n) is 5.63. The summed E-state index contributed by atoms with van der Waals surface area (Å²) in [5, 5.41) is 2.15. The molecule has 4 rings (SSSR count). The second-order valence-electron chi connectivity index (χ2n) is 7.83. The first-order chi connectivity index (χ1) is 16.5. The van der Waals surface area contributed by atoms with Gasteiger partial charge in [-0.05, 0) is 34.5 Å². The average molecular weight is 460 g/mol. The number of rotatable bonds is 6. The van der Waals surface area contributed by atoms with Crippen LogP contribution in [0.3, 0.4) is 0 Å². The van der Waals surface area contributed by atoms with Crippen molar-refractivity contribution in [3.63, 3.8) is 0 Å². The van der Waals surface area contributed by atoms with Crippen molar-refractivity contribution in [1.29, 1.82) is 0 Å². The third-order valence-corrected chi connectivity index (χ3v) is 5.63. The molecule has 8 heteroatoms. The van der Waals surface area contributed by atoms with Gasteiger partial charge < -0.3 is 14.4 Å². The molecule has 0 radical (unpaired) electrons. The maximum Gasteiger partial charge on any atom is 0.325 e. The van der Waals surface area contributed by atoms with Crippen LogP contribution >= 0.6 is 0 Å². The van der Waals surface area contributed by atoms with E-state index in [1.54, 1.807) is 30.5 Å². The minimum atomic E-state index is -0.927. The van der Waals surface area contributed by atoms with Crippen LogP contribution in [0.15, 0.2) is 71.7 Å². The van der Waals surface area contributed by atoms with Crippen molar-refractivity contribution in [1.82, 2.24) is 0 Å². The van der Waals surface area contributed by atoms with Crippen molar-refractivity contribution in [3.05, 3.63) is 72.3 Å². The third kappa shape index (κ3) is 4.82. The minimum Gasteiger partial charge on any atom is -0.468 e. The van der Waals surface area contributed by atoms with E-state index < -0.39 is 17.9 Å². The van der Waals surface area contributed by atoms with E-state index in [9.17, 15) is 14.4 Å². The Balaban J connectivity index is 1.73. The first-order valence-corrected chi connectivity index (χ1v) is 10.8. The normalized spacial score (nSPS) is 15.9. The molecule has 0 fully saturated rings. The number of aliphatic imine (C=N–C) groups is 1. The van der Waals surface area contributed by atoms with Gasteiger partial charge in [0.25, 0.3) is 11.8 Å². The molecule has 0 spiro atoms. The lowest BCUT2D eigenvalue weighted by molar-refractivity contribution is -0.140. The first kappa shape index (κ1) is 23.1. The Morgan fingerprint density at radius 3 is 2.44 bits per heavy atom. The molecular weight excluding hydrogens is 434 g/mol.